The van der Waals surface area contributed by atoms with Crippen LogP contribution in [0.25, 0.3) is 0 Å². The van der Waals surface area contributed by atoms with Crippen molar-refractivity contribution in [1.82, 2.24) is 30.2 Å². The van der Waals surface area contributed by atoms with Gasteiger partial charge >= 0.3 is 0 Å². The summed E-state index contributed by atoms with van der Waals surface area (Å²) in [6, 6.07) is 0.426. The molecule has 1 saturated carbocycles. The number of aromatic nitrogens is 6. The Morgan fingerprint density at radius 1 is 1.44 bits per heavy atom. The highest BCUT2D eigenvalue weighted by Crippen LogP contribution is 2.39. The maximum absolute atomic E-state index is 5.36. The van der Waals surface area contributed by atoms with Crippen molar-refractivity contribution in [3.8, 4) is 0 Å². The van der Waals surface area contributed by atoms with Crippen LogP contribution in [0.15, 0.2) is 21.0 Å². The Morgan fingerprint density at radius 2 is 2.28 bits per heavy atom. The monoisotopic (exact) mass is 328 g/mol. The maximum Gasteiger partial charge on any atom is 0.215 e. The molecule has 0 atom stereocenters. The number of rotatable bonds is 4. The van der Waals surface area contributed by atoms with Crippen molar-refractivity contribution >= 4 is 33.5 Å². The summed E-state index contributed by atoms with van der Waals surface area (Å²) < 4.78 is 2.53. The van der Waals surface area contributed by atoms with Crippen molar-refractivity contribution < 1.29 is 0 Å². The first kappa shape index (κ1) is 11.8. The van der Waals surface area contributed by atoms with Gasteiger partial charge in [-0.15, -0.1) is 5.10 Å². The van der Waals surface area contributed by atoms with Crippen molar-refractivity contribution in [2.75, 3.05) is 5.43 Å². The van der Waals surface area contributed by atoms with Crippen molar-refractivity contribution in [2.45, 2.75) is 29.1 Å². The number of anilines is 1. The molecule has 0 bridgehead atoms. The lowest BCUT2D eigenvalue weighted by molar-refractivity contribution is 0.565. The second kappa shape index (κ2) is 4.78. The number of nitrogen functional groups attached to an aromatic ring is 1. The molecule has 0 spiro atoms. The lowest BCUT2D eigenvalue weighted by atomic mass is 10.6. The normalized spacial score (nSPS) is 14.8. The van der Waals surface area contributed by atoms with E-state index in [-0.39, 0.29) is 0 Å². The van der Waals surface area contributed by atoms with Crippen LogP contribution in [0, 0.1) is 0 Å². The van der Waals surface area contributed by atoms with E-state index in [1.54, 1.807) is 0 Å². The molecule has 2 aromatic heterocycles. The SMILES string of the molecule is NNc1ncnc(Sc2nnnn2C2CC2)c1Br. The number of nitrogens with zero attached hydrogens (tertiary/aromatic N) is 6. The number of tetrazole rings is 1. The molecular formula is C8H9BrN8S. The van der Waals surface area contributed by atoms with Crippen LogP contribution in [0.4, 0.5) is 5.82 Å². The van der Waals surface area contributed by atoms with Crippen LogP contribution >= 0.6 is 27.7 Å². The number of hydrazine groups is 1. The molecule has 2 aromatic rings. The van der Waals surface area contributed by atoms with E-state index < -0.39 is 0 Å². The van der Waals surface area contributed by atoms with Gasteiger partial charge in [-0.2, -0.15) is 0 Å². The highest BCUT2D eigenvalue weighted by atomic mass is 79.9. The molecule has 0 radical (unpaired) electrons. The Morgan fingerprint density at radius 3 is 3.00 bits per heavy atom. The van der Waals surface area contributed by atoms with E-state index in [9.17, 15) is 0 Å². The van der Waals surface area contributed by atoms with Crippen LogP contribution in [-0.2, 0) is 0 Å². The van der Waals surface area contributed by atoms with E-state index in [4.69, 9.17) is 5.84 Å². The Labute approximate surface area is 115 Å². The van der Waals surface area contributed by atoms with Crippen LogP contribution in [0.2, 0.25) is 0 Å². The predicted molar refractivity (Wildman–Crippen MR) is 67.8 cm³/mol. The Bertz CT molecular complexity index is 568. The first-order chi connectivity index (χ1) is 8.79. The molecule has 0 aliphatic heterocycles. The third-order valence-electron chi connectivity index (χ3n) is 2.44. The third-order valence-corrected chi connectivity index (χ3v) is 4.41. The summed E-state index contributed by atoms with van der Waals surface area (Å²) in [5.41, 5.74) is 2.50. The molecule has 1 fully saturated rings. The van der Waals surface area contributed by atoms with Crippen LogP contribution in [0.1, 0.15) is 18.9 Å². The fourth-order valence-corrected chi connectivity index (χ4v) is 2.79. The molecule has 0 amide bonds. The van der Waals surface area contributed by atoms with Crippen LogP contribution < -0.4 is 11.3 Å². The number of halogens is 1. The van der Waals surface area contributed by atoms with Gasteiger partial charge in [0.2, 0.25) is 5.16 Å². The molecular weight excluding hydrogens is 320 g/mol. The van der Waals surface area contributed by atoms with E-state index in [1.165, 1.54) is 18.1 Å². The minimum absolute atomic E-state index is 0.426. The van der Waals surface area contributed by atoms with Gasteiger partial charge in [-0.1, -0.05) is 0 Å². The topological polar surface area (TPSA) is 107 Å². The number of nitrogens with one attached hydrogen (secondary N) is 1. The summed E-state index contributed by atoms with van der Waals surface area (Å²) in [5.74, 6) is 5.88. The van der Waals surface area contributed by atoms with E-state index in [1.807, 2.05) is 4.68 Å². The summed E-state index contributed by atoms with van der Waals surface area (Å²) in [6.07, 6.45) is 3.69. The van der Waals surface area contributed by atoms with Gasteiger partial charge in [0.15, 0.2) is 5.82 Å². The highest BCUT2D eigenvalue weighted by Gasteiger charge is 2.28. The minimum atomic E-state index is 0.426. The predicted octanol–water partition coefficient (Wildman–Crippen LogP) is 0.997. The number of hydrogen-bond donors (Lipinski definition) is 2. The molecule has 3 N–H and O–H groups in total. The average molecular weight is 329 g/mol. The van der Waals surface area contributed by atoms with Crippen LogP contribution in [0.3, 0.4) is 0 Å². The number of nitrogens with two attached hydrogens (primary N) is 1. The molecule has 10 heteroatoms. The Hall–Kier alpha value is -1.26. The lowest BCUT2D eigenvalue weighted by Gasteiger charge is -2.06. The lowest BCUT2D eigenvalue weighted by Crippen LogP contribution is -2.10. The first-order valence-corrected chi connectivity index (χ1v) is 6.83. The van der Waals surface area contributed by atoms with Crippen LogP contribution in [0.5, 0.6) is 0 Å². The average Bonchev–Trinajstić information content (AvgIpc) is 3.13. The van der Waals surface area contributed by atoms with Crippen molar-refractivity contribution in [3.05, 3.63) is 10.8 Å². The van der Waals surface area contributed by atoms with Crippen molar-refractivity contribution in [2.24, 2.45) is 5.84 Å². The van der Waals surface area contributed by atoms with Gasteiger partial charge in [0.05, 0.1) is 10.5 Å². The molecule has 1 aliphatic rings. The second-order valence-electron chi connectivity index (χ2n) is 3.73. The summed E-state index contributed by atoms with van der Waals surface area (Å²) in [7, 11) is 0. The zero-order chi connectivity index (χ0) is 12.5. The fourth-order valence-electron chi connectivity index (χ4n) is 1.41. The minimum Gasteiger partial charge on any atom is -0.307 e. The van der Waals surface area contributed by atoms with Crippen LogP contribution in [-0.4, -0.2) is 30.2 Å². The van der Waals surface area contributed by atoms with Gasteiger partial charge in [-0.05, 0) is 51.0 Å². The Kier molecular flexibility index (Phi) is 3.14. The molecule has 8 nitrogen and oxygen atoms in total. The van der Waals surface area contributed by atoms with E-state index in [2.05, 4.69) is 46.8 Å². The fraction of sp³-hybridized carbons (Fsp3) is 0.375. The van der Waals surface area contributed by atoms with Crippen molar-refractivity contribution in [1.29, 1.82) is 0 Å². The third kappa shape index (κ3) is 2.18. The zero-order valence-corrected chi connectivity index (χ0v) is 11.5. The first-order valence-electron chi connectivity index (χ1n) is 5.22. The van der Waals surface area contributed by atoms with Crippen molar-refractivity contribution in [3.63, 3.8) is 0 Å². The molecule has 0 unspecified atom stereocenters. The number of hydrogen-bond acceptors (Lipinski definition) is 8. The standard InChI is InChI=1S/C8H9BrN8S/c9-5-6(13-10)11-3-12-7(5)18-8-14-15-16-17(8)4-1-2-4/h3-4H,1-2,10H2,(H,11,12,13). The van der Waals surface area contributed by atoms with Gasteiger partial charge in [0.1, 0.15) is 11.4 Å². The van der Waals surface area contributed by atoms with Gasteiger partial charge in [-0.25, -0.2) is 20.5 Å². The summed E-state index contributed by atoms with van der Waals surface area (Å²) in [6.45, 7) is 0. The molecule has 3 rings (SSSR count). The van der Waals surface area contributed by atoms with Gasteiger partial charge in [-0.3, -0.25) is 0 Å². The van der Waals surface area contributed by atoms with Gasteiger partial charge in [0.25, 0.3) is 0 Å². The molecule has 94 valence electrons. The highest BCUT2D eigenvalue weighted by molar-refractivity contribution is 9.10. The Balaban J connectivity index is 1.89. The summed E-state index contributed by atoms with van der Waals surface area (Å²) in [4.78, 5) is 8.17. The quantitative estimate of drug-likeness (QED) is 0.486. The zero-order valence-electron chi connectivity index (χ0n) is 9.12. The second-order valence-corrected chi connectivity index (χ2v) is 5.47. The summed E-state index contributed by atoms with van der Waals surface area (Å²) >= 11 is 4.78. The summed E-state index contributed by atoms with van der Waals surface area (Å²) in [5, 5.41) is 13.1. The smallest absolute Gasteiger partial charge is 0.215 e. The molecule has 0 aromatic carbocycles. The maximum atomic E-state index is 5.36. The van der Waals surface area contributed by atoms with Gasteiger partial charge < -0.3 is 5.43 Å². The van der Waals surface area contributed by atoms with E-state index in [0.717, 1.165) is 23.0 Å². The molecule has 1 aliphatic carbocycles. The van der Waals surface area contributed by atoms with E-state index >= 15 is 0 Å². The largest absolute Gasteiger partial charge is 0.307 e. The molecule has 0 saturated heterocycles. The van der Waals surface area contributed by atoms with E-state index in [0.29, 0.717) is 16.3 Å². The van der Waals surface area contributed by atoms with Gasteiger partial charge in [0, 0.05) is 0 Å². The molecule has 2 heterocycles. The molecule has 18 heavy (non-hydrogen) atoms.